The molecule has 5 heteroatoms. The molecule has 1 amide bonds. The molecule has 1 N–H and O–H groups in total. The number of nitrogens with zero attached hydrogens (tertiary/aromatic N) is 3. The summed E-state index contributed by atoms with van der Waals surface area (Å²) in [5, 5.41) is 10.2. The van der Waals surface area contributed by atoms with Crippen LogP contribution in [0.4, 0.5) is 0 Å². The Labute approximate surface area is 190 Å². The van der Waals surface area contributed by atoms with Crippen LogP contribution in [0.1, 0.15) is 53.2 Å². The van der Waals surface area contributed by atoms with Crippen LogP contribution in [-0.2, 0) is 0 Å². The summed E-state index contributed by atoms with van der Waals surface area (Å²) in [6.07, 6.45) is 6.67. The van der Waals surface area contributed by atoms with Crippen molar-refractivity contribution in [2.75, 3.05) is 32.7 Å². The minimum atomic E-state index is 0.0621. The molecule has 0 spiro atoms. The van der Waals surface area contributed by atoms with Crippen LogP contribution in [0, 0.1) is 0 Å². The average Bonchev–Trinajstić information content (AvgIpc) is 3.41. The molecule has 5 rings (SSSR count). The normalized spacial score (nSPS) is 24.6. The van der Waals surface area contributed by atoms with Gasteiger partial charge >= 0.3 is 0 Å². The van der Waals surface area contributed by atoms with E-state index in [0.29, 0.717) is 17.8 Å². The Morgan fingerprint density at radius 1 is 1.03 bits per heavy atom. The van der Waals surface area contributed by atoms with Gasteiger partial charge in [0, 0.05) is 50.4 Å². The van der Waals surface area contributed by atoms with Gasteiger partial charge in [-0.05, 0) is 61.1 Å². The first kappa shape index (κ1) is 21.2. The molecule has 2 aromatic rings. The highest BCUT2D eigenvalue weighted by Crippen LogP contribution is 2.38. The molecule has 3 aliphatic rings. The first-order valence-corrected chi connectivity index (χ1v) is 11.9. The number of benzene rings is 2. The number of aromatic hydroxyl groups is 1. The number of carbonyl (C=O) groups excluding carboxylic acids is 1. The molecular formula is C27H33N3O2. The zero-order chi connectivity index (χ0) is 22.1. The minimum Gasteiger partial charge on any atom is -0.508 e. The lowest BCUT2D eigenvalue weighted by molar-refractivity contribution is 0.0582. The van der Waals surface area contributed by atoms with Crippen LogP contribution in [0.15, 0.2) is 61.2 Å². The summed E-state index contributed by atoms with van der Waals surface area (Å²) in [4.78, 5) is 19.9. The van der Waals surface area contributed by atoms with Crippen LogP contribution in [0.2, 0.25) is 0 Å². The van der Waals surface area contributed by atoms with Gasteiger partial charge in [0.25, 0.3) is 5.91 Å². The topological polar surface area (TPSA) is 47.0 Å². The predicted molar refractivity (Wildman–Crippen MR) is 127 cm³/mol. The van der Waals surface area contributed by atoms with Crippen molar-refractivity contribution in [3.8, 4) is 5.75 Å². The smallest absolute Gasteiger partial charge is 0.253 e. The number of phenols is 1. The summed E-state index contributed by atoms with van der Waals surface area (Å²) in [5.74, 6) is 0.431. The van der Waals surface area contributed by atoms with Gasteiger partial charge in [-0.2, -0.15) is 0 Å². The minimum absolute atomic E-state index is 0.0621. The van der Waals surface area contributed by atoms with Crippen molar-refractivity contribution in [3.05, 3.63) is 77.9 Å². The lowest BCUT2D eigenvalue weighted by Crippen LogP contribution is -2.54. The van der Waals surface area contributed by atoms with Crippen LogP contribution in [0.5, 0.6) is 5.75 Å². The highest BCUT2D eigenvalue weighted by atomic mass is 16.3. The third-order valence-electron chi connectivity index (χ3n) is 7.42. The number of amides is 1. The largest absolute Gasteiger partial charge is 0.508 e. The second kappa shape index (κ2) is 9.08. The average molecular weight is 432 g/mol. The van der Waals surface area contributed by atoms with E-state index in [9.17, 15) is 9.90 Å². The molecule has 3 heterocycles. The SMILES string of the molecule is C=CCN1C2CCC1CN(C(c1ccc(C(=O)N3CCCC3)cc1)c1cccc(O)c1)C2. The highest BCUT2D eigenvalue weighted by molar-refractivity contribution is 5.94. The van der Waals surface area contributed by atoms with Crippen LogP contribution in [-0.4, -0.2) is 70.5 Å². The van der Waals surface area contributed by atoms with Gasteiger partial charge in [0.2, 0.25) is 0 Å². The predicted octanol–water partition coefficient (Wildman–Crippen LogP) is 4.05. The van der Waals surface area contributed by atoms with Gasteiger partial charge in [-0.3, -0.25) is 14.6 Å². The number of carbonyl (C=O) groups is 1. The fourth-order valence-corrected chi connectivity index (χ4v) is 5.90. The summed E-state index contributed by atoms with van der Waals surface area (Å²) < 4.78 is 0. The summed E-state index contributed by atoms with van der Waals surface area (Å²) >= 11 is 0. The highest BCUT2D eigenvalue weighted by Gasteiger charge is 2.41. The molecule has 32 heavy (non-hydrogen) atoms. The number of hydrogen-bond donors (Lipinski definition) is 1. The molecule has 0 saturated carbocycles. The van der Waals surface area contributed by atoms with Gasteiger partial charge in [0.1, 0.15) is 5.75 Å². The Hall–Kier alpha value is -2.63. The maximum Gasteiger partial charge on any atom is 0.253 e. The van der Waals surface area contributed by atoms with E-state index in [0.717, 1.165) is 56.7 Å². The maximum absolute atomic E-state index is 12.8. The van der Waals surface area contributed by atoms with Crippen molar-refractivity contribution >= 4 is 5.91 Å². The number of rotatable bonds is 6. The van der Waals surface area contributed by atoms with Crippen LogP contribution >= 0.6 is 0 Å². The summed E-state index contributed by atoms with van der Waals surface area (Å²) in [6, 6.07) is 17.0. The van der Waals surface area contributed by atoms with Gasteiger partial charge < -0.3 is 10.0 Å². The standard InChI is InChI=1S/C27H33N3O2/c1-2-14-30-23-12-13-24(30)19-29(18-23)26(22-6-5-7-25(31)17-22)20-8-10-21(11-9-20)27(32)28-15-3-4-16-28/h2,5-11,17,23-24,26,31H,1,3-4,12-16,18-19H2. The van der Waals surface area contributed by atoms with Crippen molar-refractivity contribution < 1.29 is 9.90 Å². The zero-order valence-electron chi connectivity index (χ0n) is 18.7. The van der Waals surface area contributed by atoms with Crippen LogP contribution < -0.4 is 0 Å². The molecule has 2 aromatic carbocycles. The lowest BCUT2D eigenvalue weighted by atomic mass is 9.94. The zero-order valence-corrected chi connectivity index (χ0v) is 18.7. The third kappa shape index (κ3) is 4.07. The van der Waals surface area contributed by atoms with Crippen molar-refractivity contribution in [1.82, 2.24) is 14.7 Å². The Morgan fingerprint density at radius 3 is 2.34 bits per heavy atom. The van der Waals surface area contributed by atoms with Gasteiger partial charge in [-0.25, -0.2) is 0 Å². The lowest BCUT2D eigenvalue weighted by Gasteiger charge is -2.44. The molecule has 5 nitrogen and oxygen atoms in total. The second-order valence-electron chi connectivity index (χ2n) is 9.44. The van der Waals surface area contributed by atoms with E-state index in [1.807, 2.05) is 35.2 Å². The molecular weight excluding hydrogens is 398 g/mol. The summed E-state index contributed by atoms with van der Waals surface area (Å²) in [6.45, 7) is 8.63. The second-order valence-corrected chi connectivity index (χ2v) is 9.44. The molecule has 0 aliphatic carbocycles. The van der Waals surface area contributed by atoms with E-state index < -0.39 is 0 Å². The number of phenolic OH excluding ortho intramolecular Hbond substituents is 1. The van der Waals surface area contributed by atoms with E-state index >= 15 is 0 Å². The monoisotopic (exact) mass is 431 g/mol. The van der Waals surface area contributed by atoms with E-state index in [2.05, 4.69) is 34.6 Å². The molecule has 0 aromatic heterocycles. The number of hydrogen-bond acceptors (Lipinski definition) is 4. The van der Waals surface area contributed by atoms with Crippen LogP contribution in [0.25, 0.3) is 0 Å². The first-order chi connectivity index (χ1) is 15.6. The van der Waals surface area contributed by atoms with E-state index in [-0.39, 0.29) is 11.9 Å². The molecule has 3 unspecified atom stereocenters. The molecule has 0 radical (unpaired) electrons. The first-order valence-electron chi connectivity index (χ1n) is 11.9. The van der Waals surface area contributed by atoms with E-state index in [1.54, 1.807) is 6.07 Å². The van der Waals surface area contributed by atoms with Gasteiger partial charge in [-0.1, -0.05) is 30.3 Å². The van der Waals surface area contributed by atoms with Gasteiger partial charge in [-0.15, -0.1) is 6.58 Å². The molecule has 2 bridgehead atoms. The van der Waals surface area contributed by atoms with E-state index in [4.69, 9.17) is 0 Å². The Kier molecular flexibility index (Phi) is 6.03. The Morgan fingerprint density at radius 2 is 1.72 bits per heavy atom. The van der Waals surface area contributed by atoms with Crippen molar-refractivity contribution in [3.63, 3.8) is 0 Å². The molecule has 168 valence electrons. The van der Waals surface area contributed by atoms with E-state index in [1.165, 1.54) is 18.4 Å². The van der Waals surface area contributed by atoms with Crippen molar-refractivity contribution in [2.24, 2.45) is 0 Å². The molecule has 3 saturated heterocycles. The Bertz CT molecular complexity index is 953. The number of piperazine rings is 1. The number of likely N-dealkylation sites (tertiary alicyclic amines) is 2. The maximum atomic E-state index is 12.8. The molecule has 3 fully saturated rings. The van der Waals surface area contributed by atoms with Gasteiger partial charge in [0.05, 0.1) is 6.04 Å². The summed E-state index contributed by atoms with van der Waals surface area (Å²) in [7, 11) is 0. The number of fused-ring (bicyclic) bond motifs is 2. The van der Waals surface area contributed by atoms with Gasteiger partial charge in [0.15, 0.2) is 0 Å². The fourth-order valence-electron chi connectivity index (χ4n) is 5.90. The van der Waals surface area contributed by atoms with Crippen molar-refractivity contribution in [1.29, 1.82) is 0 Å². The van der Waals surface area contributed by atoms with Crippen LogP contribution in [0.3, 0.4) is 0 Å². The third-order valence-corrected chi connectivity index (χ3v) is 7.42. The fraction of sp³-hybridized carbons (Fsp3) is 0.444. The Balaban J connectivity index is 1.43. The summed E-state index contributed by atoms with van der Waals surface area (Å²) in [5.41, 5.74) is 3.03. The molecule has 3 aliphatic heterocycles. The quantitative estimate of drug-likeness (QED) is 0.701. The molecule has 3 atom stereocenters. The van der Waals surface area contributed by atoms with Crippen molar-refractivity contribution in [2.45, 2.75) is 43.8 Å².